The lowest BCUT2D eigenvalue weighted by Crippen LogP contribution is -2.58. The van der Waals surface area contributed by atoms with Gasteiger partial charge < -0.3 is 24.4 Å². The van der Waals surface area contributed by atoms with E-state index in [1.807, 2.05) is 12.1 Å². The van der Waals surface area contributed by atoms with Gasteiger partial charge in [-0.25, -0.2) is 4.39 Å². The highest BCUT2D eigenvalue weighted by Crippen LogP contribution is 2.54. The van der Waals surface area contributed by atoms with Gasteiger partial charge in [0.25, 0.3) is 5.91 Å². The second kappa shape index (κ2) is 10.6. The van der Waals surface area contributed by atoms with Crippen molar-refractivity contribution in [2.24, 2.45) is 0 Å². The lowest BCUT2D eigenvalue weighted by atomic mass is 9.80. The van der Waals surface area contributed by atoms with Crippen molar-refractivity contribution >= 4 is 17.5 Å². The number of benzene rings is 3. The van der Waals surface area contributed by atoms with E-state index in [0.717, 1.165) is 30.4 Å². The van der Waals surface area contributed by atoms with Gasteiger partial charge in [0.2, 0.25) is 5.91 Å². The minimum atomic E-state index is -1.62. The number of amides is 2. The summed E-state index contributed by atoms with van der Waals surface area (Å²) in [6.45, 7) is 0.0485. The second-order valence-electron chi connectivity index (χ2n) is 11.5. The number of alkyl halides is 1. The van der Waals surface area contributed by atoms with Crippen LogP contribution in [0.3, 0.4) is 0 Å². The third-order valence-corrected chi connectivity index (χ3v) is 8.97. The number of methoxy groups -OCH3 is 2. The number of fused-ring (bicyclic) bond motifs is 2. The van der Waals surface area contributed by atoms with E-state index in [1.54, 1.807) is 68.4 Å². The standard InChI is InChI=1S/C33H36FN3O5/c1-35(2)31(39)28-16-23(34)19-37(28)33(25-10-5-6-11-29(25)38)26-14-20-8-7-9-21(20)15-27(26)36(32(33)40)18-22-12-13-24(41-3)17-30(22)42-4/h5-6,10-15,17,23,28,38H,7-9,16,18-19H2,1-4H3/t23-,28+,33?/m1/s1. The first kappa shape index (κ1) is 28.0. The molecule has 6 rings (SSSR count). The van der Waals surface area contributed by atoms with Gasteiger partial charge in [0.05, 0.1) is 32.5 Å². The molecular formula is C33H36FN3O5. The van der Waals surface area contributed by atoms with Gasteiger partial charge >= 0.3 is 0 Å². The molecule has 3 aromatic rings. The zero-order valence-corrected chi connectivity index (χ0v) is 24.4. The minimum absolute atomic E-state index is 0.0355. The number of halogens is 1. The van der Waals surface area contributed by atoms with Crippen LogP contribution in [0.1, 0.15) is 40.7 Å². The fraction of sp³-hybridized carbons (Fsp3) is 0.394. The van der Waals surface area contributed by atoms with Crippen LogP contribution >= 0.6 is 0 Å². The Labute approximate surface area is 245 Å². The molecule has 2 aliphatic heterocycles. The highest BCUT2D eigenvalue weighted by atomic mass is 19.1. The van der Waals surface area contributed by atoms with E-state index in [0.29, 0.717) is 28.3 Å². The summed E-state index contributed by atoms with van der Waals surface area (Å²) in [5.41, 5.74) is 3.15. The molecule has 1 N–H and O–H groups in total. The largest absolute Gasteiger partial charge is 0.508 e. The van der Waals surface area contributed by atoms with E-state index in [1.165, 1.54) is 10.5 Å². The monoisotopic (exact) mass is 573 g/mol. The number of phenolic OH excluding ortho intramolecular Hbond substituents is 1. The van der Waals surface area contributed by atoms with E-state index in [9.17, 15) is 9.90 Å². The lowest BCUT2D eigenvalue weighted by Gasteiger charge is -2.42. The van der Waals surface area contributed by atoms with Crippen molar-refractivity contribution in [1.29, 1.82) is 0 Å². The van der Waals surface area contributed by atoms with Crippen LogP contribution in [-0.4, -0.2) is 73.8 Å². The van der Waals surface area contributed by atoms with Crippen LogP contribution in [0.25, 0.3) is 0 Å². The molecular weight excluding hydrogens is 537 g/mol. The Bertz CT molecular complexity index is 1560. The van der Waals surface area contributed by atoms with Gasteiger partial charge in [0.1, 0.15) is 23.4 Å². The lowest BCUT2D eigenvalue weighted by molar-refractivity contribution is -0.138. The molecule has 2 amide bonds. The maximum absolute atomic E-state index is 15.4. The molecule has 220 valence electrons. The normalized spacial score (nSPS) is 23.2. The summed E-state index contributed by atoms with van der Waals surface area (Å²) < 4.78 is 26.4. The number of aromatic hydroxyl groups is 1. The van der Waals surface area contributed by atoms with Crippen molar-refractivity contribution in [2.75, 3.05) is 39.8 Å². The first-order valence-corrected chi connectivity index (χ1v) is 14.3. The van der Waals surface area contributed by atoms with Crippen LogP contribution in [0.2, 0.25) is 0 Å². The third-order valence-electron chi connectivity index (χ3n) is 8.97. The maximum atomic E-state index is 15.4. The Morgan fingerprint density at radius 1 is 1.05 bits per heavy atom. The number of nitrogens with zero attached hydrogens (tertiary/aromatic N) is 3. The summed E-state index contributed by atoms with van der Waals surface area (Å²) in [7, 11) is 6.42. The number of hydrogen-bond acceptors (Lipinski definition) is 6. The van der Waals surface area contributed by atoms with Gasteiger partial charge in [-0.05, 0) is 54.7 Å². The first-order valence-electron chi connectivity index (χ1n) is 14.3. The maximum Gasteiger partial charge on any atom is 0.257 e. The van der Waals surface area contributed by atoms with Crippen LogP contribution in [0, 0.1) is 0 Å². The van der Waals surface area contributed by atoms with Gasteiger partial charge in [0, 0.05) is 49.8 Å². The Balaban J connectivity index is 1.61. The molecule has 9 heteroatoms. The number of aryl methyl sites for hydroxylation is 2. The second-order valence-corrected chi connectivity index (χ2v) is 11.5. The highest BCUT2D eigenvalue weighted by Gasteiger charge is 2.62. The Hall–Kier alpha value is -4.11. The molecule has 8 nitrogen and oxygen atoms in total. The van der Waals surface area contributed by atoms with Crippen LogP contribution in [-0.2, 0) is 34.5 Å². The third kappa shape index (κ3) is 4.21. The van der Waals surface area contributed by atoms with E-state index in [4.69, 9.17) is 9.47 Å². The predicted octanol–water partition coefficient (Wildman–Crippen LogP) is 4.19. The van der Waals surface area contributed by atoms with Crippen molar-refractivity contribution in [3.8, 4) is 17.2 Å². The predicted molar refractivity (Wildman–Crippen MR) is 157 cm³/mol. The van der Waals surface area contributed by atoms with Gasteiger partial charge in [-0.1, -0.05) is 24.3 Å². The van der Waals surface area contributed by atoms with Gasteiger partial charge in [-0.3, -0.25) is 14.5 Å². The number of hydrogen-bond donors (Lipinski definition) is 1. The van der Waals surface area contributed by atoms with Crippen LogP contribution in [0.4, 0.5) is 10.1 Å². The molecule has 0 aromatic heterocycles. The fourth-order valence-electron chi connectivity index (χ4n) is 7.01. The van der Waals surface area contributed by atoms with Gasteiger partial charge in [-0.15, -0.1) is 0 Å². The molecule has 1 saturated heterocycles. The van der Waals surface area contributed by atoms with E-state index in [2.05, 4.69) is 12.1 Å². The van der Waals surface area contributed by atoms with E-state index < -0.39 is 17.8 Å². The number of likely N-dealkylation sites (tertiary alicyclic amines) is 1. The molecule has 0 spiro atoms. The number of para-hydroxylation sites is 1. The van der Waals surface area contributed by atoms with Crippen LogP contribution in [0.5, 0.6) is 17.2 Å². The number of rotatable bonds is 7. The van der Waals surface area contributed by atoms with Crippen molar-refractivity contribution in [3.63, 3.8) is 0 Å². The van der Waals surface area contributed by atoms with Crippen molar-refractivity contribution in [2.45, 2.75) is 50.0 Å². The molecule has 1 fully saturated rings. The number of anilines is 1. The Morgan fingerprint density at radius 3 is 2.48 bits per heavy atom. The number of carbonyl (C=O) groups is 2. The average Bonchev–Trinajstić information content (AvgIpc) is 3.67. The molecule has 0 bridgehead atoms. The fourth-order valence-corrected chi connectivity index (χ4v) is 7.01. The number of ether oxygens (including phenoxy) is 2. The molecule has 3 aliphatic rings. The zero-order valence-electron chi connectivity index (χ0n) is 24.4. The Morgan fingerprint density at radius 2 is 1.79 bits per heavy atom. The highest BCUT2D eigenvalue weighted by molar-refractivity contribution is 6.11. The number of likely N-dealkylation sites (N-methyl/N-ethyl adjacent to an activating group) is 1. The van der Waals surface area contributed by atoms with E-state index >= 15 is 9.18 Å². The number of phenols is 1. The zero-order chi connectivity index (χ0) is 29.8. The SMILES string of the molecule is COc1ccc(CN2C(=O)C(c3ccccc3O)(N3C[C@H](F)C[C@H]3C(=O)N(C)C)c3cc4c(cc32)CCC4)c(OC)c1. The average molecular weight is 574 g/mol. The molecule has 3 aromatic carbocycles. The summed E-state index contributed by atoms with van der Waals surface area (Å²) in [5.74, 6) is 0.484. The summed E-state index contributed by atoms with van der Waals surface area (Å²) in [6.07, 6.45) is 1.42. The Kier molecular flexibility index (Phi) is 7.09. The quantitative estimate of drug-likeness (QED) is 0.457. The molecule has 1 unspecified atom stereocenters. The molecule has 1 aliphatic carbocycles. The van der Waals surface area contributed by atoms with Crippen molar-refractivity contribution in [1.82, 2.24) is 9.80 Å². The van der Waals surface area contributed by atoms with Crippen molar-refractivity contribution in [3.05, 3.63) is 82.4 Å². The van der Waals surface area contributed by atoms with Gasteiger partial charge in [0.15, 0.2) is 5.54 Å². The first-order chi connectivity index (χ1) is 20.2. The number of carbonyl (C=O) groups excluding carboxylic acids is 2. The van der Waals surface area contributed by atoms with Crippen LogP contribution in [0.15, 0.2) is 54.6 Å². The molecule has 3 atom stereocenters. The van der Waals surface area contributed by atoms with E-state index in [-0.39, 0.29) is 37.1 Å². The molecule has 2 heterocycles. The smallest absolute Gasteiger partial charge is 0.257 e. The summed E-state index contributed by atoms with van der Waals surface area (Å²) >= 11 is 0. The molecule has 0 saturated carbocycles. The summed E-state index contributed by atoms with van der Waals surface area (Å²) in [6, 6.07) is 15.4. The topological polar surface area (TPSA) is 82.5 Å². The summed E-state index contributed by atoms with van der Waals surface area (Å²) in [4.78, 5) is 33.6. The van der Waals surface area contributed by atoms with Crippen LogP contribution < -0.4 is 14.4 Å². The molecule has 0 radical (unpaired) electrons. The van der Waals surface area contributed by atoms with Gasteiger partial charge in [-0.2, -0.15) is 0 Å². The molecule has 42 heavy (non-hydrogen) atoms. The minimum Gasteiger partial charge on any atom is -0.508 e. The summed E-state index contributed by atoms with van der Waals surface area (Å²) in [5, 5.41) is 11.3. The van der Waals surface area contributed by atoms with Crippen molar-refractivity contribution < 1.29 is 28.6 Å².